The van der Waals surface area contributed by atoms with Crippen molar-refractivity contribution in [3.8, 4) is 0 Å². The van der Waals surface area contributed by atoms with Gasteiger partial charge in [-0.05, 0) is 18.0 Å². The van der Waals surface area contributed by atoms with Gasteiger partial charge in [-0.1, -0.05) is 6.08 Å². The molecule has 1 aliphatic heterocycles. The van der Waals surface area contributed by atoms with Crippen LogP contribution < -0.4 is 0 Å². The van der Waals surface area contributed by atoms with Crippen molar-refractivity contribution in [1.82, 2.24) is 3.71 Å². The zero-order valence-corrected chi connectivity index (χ0v) is 9.79. The summed E-state index contributed by atoms with van der Waals surface area (Å²) in [6.45, 7) is 4.04. The van der Waals surface area contributed by atoms with E-state index in [1.54, 1.807) is 15.9 Å². The van der Waals surface area contributed by atoms with Gasteiger partial charge in [-0.15, -0.1) is 6.58 Å². The molecule has 0 bridgehead atoms. The molecule has 1 aromatic rings. The van der Waals surface area contributed by atoms with Crippen molar-refractivity contribution in [1.29, 1.82) is 0 Å². The average Bonchev–Trinajstić information content (AvgIpc) is 2.56. The summed E-state index contributed by atoms with van der Waals surface area (Å²) in [6.07, 6.45) is 1.64. The lowest BCUT2D eigenvalue weighted by Gasteiger charge is -2.06. The van der Waals surface area contributed by atoms with E-state index >= 15 is 0 Å². The van der Waals surface area contributed by atoms with Gasteiger partial charge in [-0.3, -0.25) is 10.1 Å². The fourth-order valence-electron chi connectivity index (χ4n) is 1.29. The van der Waals surface area contributed by atoms with Crippen LogP contribution >= 0.6 is 11.9 Å². The van der Waals surface area contributed by atoms with Crippen molar-refractivity contribution >= 4 is 28.6 Å². The summed E-state index contributed by atoms with van der Waals surface area (Å²) in [4.78, 5) is 11.4. The first-order chi connectivity index (χ1) is 7.63. The molecule has 16 heavy (non-hydrogen) atoms. The molecule has 1 aliphatic rings. The lowest BCUT2D eigenvalue weighted by Crippen LogP contribution is -2.12. The van der Waals surface area contributed by atoms with Gasteiger partial charge < -0.3 is 0 Å². The Hall–Kier alpha value is -1.18. The molecular formula is C9H8N2O3S2. The Morgan fingerprint density at radius 1 is 1.62 bits per heavy atom. The minimum absolute atomic E-state index is 0.0173. The Morgan fingerprint density at radius 2 is 2.38 bits per heavy atom. The smallest absolute Gasteiger partial charge is 0.258 e. The van der Waals surface area contributed by atoms with Crippen LogP contribution in [0.1, 0.15) is 0 Å². The largest absolute Gasteiger partial charge is 0.270 e. The van der Waals surface area contributed by atoms with Gasteiger partial charge in [0.2, 0.25) is 0 Å². The van der Waals surface area contributed by atoms with E-state index in [0.717, 1.165) is 0 Å². The van der Waals surface area contributed by atoms with Crippen LogP contribution in [0.3, 0.4) is 0 Å². The Morgan fingerprint density at radius 3 is 3.00 bits per heavy atom. The molecule has 0 saturated heterocycles. The summed E-state index contributed by atoms with van der Waals surface area (Å²) in [6, 6.07) is 4.36. The van der Waals surface area contributed by atoms with Crippen LogP contribution in [0.4, 0.5) is 5.69 Å². The molecule has 0 aliphatic carbocycles. The minimum atomic E-state index is -1.25. The fraction of sp³-hybridized carbons (Fsp3) is 0.111. The molecule has 0 aromatic heterocycles. The first-order valence-electron chi connectivity index (χ1n) is 4.40. The highest BCUT2D eigenvalue weighted by Crippen LogP contribution is 2.40. The third kappa shape index (κ3) is 1.89. The maximum atomic E-state index is 11.9. The van der Waals surface area contributed by atoms with Gasteiger partial charge in [0, 0.05) is 23.6 Å². The van der Waals surface area contributed by atoms with Gasteiger partial charge in [0.15, 0.2) is 0 Å². The molecule has 2 rings (SSSR count). The number of benzene rings is 1. The van der Waals surface area contributed by atoms with Crippen LogP contribution in [0.25, 0.3) is 0 Å². The third-order valence-electron chi connectivity index (χ3n) is 1.99. The lowest BCUT2D eigenvalue weighted by molar-refractivity contribution is -0.385. The Labute approximate surface area is 99.0 Å². The topological polar surface area (TPSA) is 63.4 Å². The first kappa shape index (κ1) is 11.3. The van der Waals surface area contributed by atoms with Gasteiger partial charge in [0.1, 0.15) is 11.0 Å². The van der Waals surface area contributed by atoms with E-state index in [2.05, 4.69) is 6.58 Å². The quantitative estimate of drug-likeness (QED) is 0.360. The van der Waals surface area contributed by atoms with Crippen LogP contribution in [0.2, 0.25) is 0 Å². The standard InChI is InChI=1S/C9H8N2O3S2/c1-2-5-10-15-8-6-7(11(12)13)3-4-9(8)16(10)14/h2-4,6H,1,5H2. The molecule has 0 spiro atoms. The minimum Gasteiger partial charge on any atom is -0.258 e. The molecular weight excluding hydrogens is 248 g/mol. The summed E-state index contributed by atoms with van der Waals surface area (Å²) >= 11 is 1.26. The molecule has 1 heterocycles. The first-order valence-corrected chi connectivity index (χ1v) is 6.28. The van der Waals surface area contributed by atoms with E-state index in [1.165, 1.54) is 24.1 Å². The SMILES string of the molecule is C=CCN1Sc2cc([N+](=O)[O-])ccc2S1=O. The van der Waals surface area contributed by atoms with Crippen LogP contribution in [0.15, 0.2) is 40.6 Å². The zero-order valence-electron chi connectivity index (χ0n) is 8.16. The summed E-state index contributed by atoms with van der Waals surface area (Å²) in [5, 5.41) is 10.6. The van der Waals surface area contributed by atoms with Crippen molar-refractivity contribution in [2.45, 2.75) is 9.79 Å². The van der Waals surface area contributed by atoms with Gasteiger partial charge >= 0.3 is 0 Å². The summed E-state index contributed by atoms with van der Waals surface area (Å²) in [7, 11) is -1.25. The van der Waals surface area contributed by atoms with Crippen molar-refractivity contribution in [3.63, 3.8) is 0 Å². The molecule has 0 fully saturated rings. The molecule has 5 nitrogen and oxygen atoms in total. The fourth-order valence-corrected chi connectivity index (χ4v) is 3.97. The third-order valence-corrected chi connectivity index (χ3v) is 4.89. The van der Waals surface area contributed by atoms with Crippen molar-refractivity contribution in [3.05, 3.63) is 41.0 Å². The molecule has 0 radical (unpaired) electrons. The predicted octanol–water partition coefficient (Wildman–Crippen LogP) is 2.13. The molecule has 0 saturated carbocycles. The molecule has 1 aromatic carbocycles. The van der Waals surface area contributed by atoms with Gasteiger partial charge in [-0.2, -0.15) is 3.71 Å². The summed E-state index contributed by atoms with van der Waals surface area (Å²) in [5.41, 5.74) is 0.0173. The van der Waals surface area contributed by atoms with Gasteiger partial charge in [0.05, 0.1) is 9.82 Å². The number of hydrogen-bond acceptors (Lipinski definition) is 4. The number of fused-ring (bicyclic) bond motifs is 1. The number of rotatable bonds is 3. The molecule has 1 atom stereocenters. The highest BCUT2D eigenvalue weighted by molar-refractivity contribution is 8.08. The number of nitro groups is 1. The molecule has 0 amide bonds. The molecule has 1 unspecified atom stereocenters. The zero-order chi connectivity index (χ0) is 11.7. The van der Waals surface area contributed by atoms with Gasteiger partial charge in [0.25, 0.3) is 5.69 Å². The monoisotopic (exact) mass is 256 g/mol. The van der Waals surface area contributed by atoms with Crippen molar-refractivity contribution in [2.24, 2.45) is 0 Å². The van der Waals surface area contributed by atoms with E-state index in [1.807, 2.05) is 0 Å². The van der Waals surface area contributed by atoms with E-state index in [9.17, 15) is 14.3 Å². The van der Waals surface area contributed by atoms with Crippen LogP contribution in [0.5, 0.6) is 0 Å². The van der Waals surface area contributed by atoms with E-state index in [0.29, 0.717) is 16.3 Å². The molecule has 84 valence electrons. The Balaban J connectivity index is 2.36. The maximum Gasteiger partial charge on any atom is 0.270 e. The van der Waals surface area contributed by atoms with E-state index < -0.39 is 15.9 Å². The molecule has 7 heteroatoms. The highest BCUT2D eigenvalue weighted by atomic mass is 32.2. The highest BCUT2D eigenvalue weighted by Gasteiger charge is 2.28. The van der Waals surface area contributed by atoms with Crippen molar-refractivity contribution < 1.29 is 9.13 Å². The lowest BCUT2D eigenvalue weighted by atomic mass is 10.3. The Kier molecular flexibility index (Phi) is 3.08. The molecule has 0 N–H and O–H groups in total. The van der Waals surface area contributed by atoms with Crippen LogP contribution in [-0.2, 0) is 11.0 Å². The normalized spacial score (nSPS) is 19.4. The Bertz CT molecular complexity index is 490. The van der Waals surface area contributed by atoms with Crippen LogP contribution in [0, 0.1) is 10.1 Å². The number of hydrogen-bond donors (Lipinski definition) is 0. The second-order valence-corrected chi connectivity index (χ2v) is 5.71. The number of nitro benzene ring substituents is 1. The van der Waals surface area contributed by atoms with E-state index in [4.69, 9.17) is 0 Å². The number of non-ortho nitro benzene ring substituents is 1. The van der Waals surface area contributed by atoms with Crippen LogP contribution in [-0.4, -0.2) is 19.4 Å². The number of nitrogens with zero attached hydrogens (tertiary/aromatic N) is 2. The van der Waals surface area contributed by atoms with E-state index in [-0.39, 0.29) is 5.69 Å². The summed E-state index contributed by atoms with van der Waals surface area (Å²) < 4.78 is 13.5. The second-order valence-electron chi connectivity index (χ2n) is 3.03. The summed E-state index contributed by atoms with van der Waals surface area (Å²) in [5.74, 6) is 0. The van der Waals surface area contributed by atoms with Gasteiger partial charge in [-0.25, -0.2) is 4.21 Å². The predicted molar refractivity (Wildman–Crippen MR) is 62.3 cm³/mol. The van der Waals surface area contributed by atoms with Crippen molar-refractivity contribution in [2.75, 3.05) is 6.54 Å². The average molecular weight is 256 g/mol. The second kappa shape index (κ2) is 4.36. The maximum absolute atomic E-state index is 11.9.